The van der Waals surface area contributed by atoms with Gasteiger partial charge in [-0.1, -0.05) is 12.1 Å². The molecule has 0 bridgehead atoms. The molecule has 0 atom stereocenters. The summed E-state index contributed by atoms with van der Waals surface area (Å²) >= 11 is 0. The second-order valence-electron chi connectivity index (χ2n) is 3.05. The fraction of sp³-hybridized carbons (Fsp3) is 0.300. The molecule has 2 aromatic rings. The number of para-hydroxylation sites is 2. The molecular weight excluding hydrogens is 180 g/mol. The molecular formula is C10H12N2O2. The molecule has 0 aliphatic carbocycles. The average Bonchev–Trinajstić information content (AvgIpc) is 2.58. The Morgan fingerprint density at radius 2 is 2.00 bits per heavy atom. The van der Waals surface area contributed by atoms with Gasteiger partial charge in [-0.25, -0.2) is 4.98 Å². The number of nitrogens with zero attached hydrogens (tertiary/aromatic N) is 2. The lowest BCUT2D eigenvalue weighted by molar-refractivity contribution is 0.248. The Labute approximate surface area is 81.4 Å². The molecule has 0 saturated carbocycles. The van der Waals surface area contributed by atoms with Gasteiger partial charge in [-0.15, -0.1) is 0 Å². The Balaban J connectivity index is 2.61. The number of aromatic nitrogens is 2. The first-order chi connectivity index (χ1) is 6.86. The van der Waals surface area contributed by atoms with E-state index in [2.05, 4.69) is 4.98 Å². The van der Waals surface area contributed by atoms with Crippen molar-refractivity contribution in [1.82, 2.24) is 9.55 Å². The first kappa shape index (κ1) is 9.18. The summed E-state index contributed by atoms with van der Waals surface area (Å²) in [6.07, 6.45) is 0. The lowest BCUT2D eigenvalue weighted by Gasteiger charge is -2.04. The van der Waals surface area contributed by atoms with Crippen LogP contribution in [0.2, 0.25) is 0 Å². The third-order valence-corrected chi connectivity index (χ3v) is 2.20. The van der Waals surface area contributed by atoms with Gasteiger partial charge in [0, 0.05) is 6.54 Å². The van der Waals surface area contributed by atoms with Crippen LogP contribution in [-0.4, -0.2) is 26.4 Å². The molecule has 14 heavy (non-hydrogen) atoms. The topological polar surface area (TPSA) is 58.3 Å². The van der Waals surface area contributed by atoms with Crippen molar-refractivity contribution in [1.29, 1.82) is 0 Å². The van der Waals surface area contributed by atoms with E-state index in [0.29, 0.717) is 12.4 Å². The fourth-order valence-electron chi connectivity index (χ4n) is 1.60. The molecule has 1 aromatic carbocycles. The SMILES string of the molecule is OCCn1c(CO)nc2ccccc21. The first-order valence-corrected chi connectivity index (χ1v) is 4.52. The van der Waals surface area contributed by atoms with Crippen LogP contribution in [0.15, 0.2) is 24.3 Å². The lowest BCUT2D eigenvalue weighted by Crippen LogP contribution is -2.06. The van der Waals surface area contributed by atoms with Gasteiger partial charge in [0.1, 0.15) is 12.4 Å². The van der Waals surface area contributed by atoms with Gasteiger partial charge in [0.05, 0.1) is 17.6 Å². The van der Waals surface area contributed by atoms with E-state index in [1.54, 1.807) is 0 Å². The van der Waals surface area contributed by atoms with Crippen LogP contribution in [0, 0.1) is 0 Å². The molecule has 74 valence electrons. The Bertz CT molecular complexity index is 437. The van der Waals surface area contributed by atoms with Crippen molar-refractivity contribution in [2.24, 2.45) is 0 Å². The van der Waals surface area contributed by atoms with Gasteiger partial charge in [-0.05, 0) is 12.1 Å². The van der Waals surface area contributed by atoms with E-state index in [9.17, 15) is 0 Å². The Morgan fingerprint density at radius 1 is 1.21 bits per heavy atom. The molecule has 1 heterocycles. The van der Waals surface area contributed by atoms with Gasteiger partial charge in [0.15, 0.2) is 0 Å². The Kier molecular flexibility index (Phi) is 2.47. The zero-order chi connectivity index (χ0) is 9.97. The van der Waals surface area contributed by atoms with E-state index < -0.39 is 0 Å². The second kappa shape index (κ2) is 3.77. The lowest BCUT2D eigenvalue weighted by atomic mass is 10.3. The van der Waals surface area contributed by atoms with Crippen molar-refractivity contribution < 1.29 is 10.2 Å². The summed E-state index contributed by atoms with van der Waals surface area (Å²) in [6, 6.07) is 7.64. The number of rotatable bonds is 3. The van der Waals surface area contributed by atoms with Crippen LogP contribution < -0.4 is 0 Å². The summed E-state index contributed by atoms with van der Waals surface area (Å²) in [6.45, 7) is 0.415. The molecule has 2 rings (SSSR count). The zero-order valence-corrected chi connectivity index (χ0v) is 7.72. The monoisotopic (exact) mass is 192 g/mol. The first-order valence-electron chi connectivity index (χ1n) is 4.52. The van der Waals surface area contributed by atoms with Crippen LogP contribution in [0.3, 0.4) is 0 Å². The van der Waals surface area contributed by atoms with Crippen molar-refractivity contribution >= 4 is 11.0 Å². The summed E-state index contributed by atoms with van der Waals surface area (Å²) in [5, 5.41) is 18.0. The molecule has 4 heteroatoms. The summed E-state index contributed by atoms with van der Waals surface area (Å²) in [5.74, 6) is 0.597. The van der Waals surface area contributed by atoms with Crippen LogP contribution in [0.5, 0.6) is 0 Å². The van der Waals surface area contributed by atoms with Gasteiger partial charge in [0.25, 0.3) is 0 Å². The van der Waals surface area contributed by atoms with E-state index >= 15 is 0 Å². The molecule has 0 aliphatic rings. The third kappa shape index (κ3) is 1.38. The highest BCUT2D eigenvalue weighted by Gasteiger charge is 2.07. The molecule has 1 aromatic heterocycles. The Morgan fingerprint density at radius 3 is 2.71 bits per heavy atom. The molecule has 0 fully saturated rings. The van der Waals surface area contributed by atoms with Gasteiger partial charge in [-0.2, -0.15) is 0 Å². The molecule has 2 N–H and O–H groups in total. The van der Waals surface area contributed by atoms with Crippen molar-refractivity contribution in [3.05, 3.63) is 30.1 Å². The van der Waals surface area contributed by atoms with Gasteiger partial charge in [-0.3, -0.25) is 0 Å². The van der Waals surface area contributed by atoms with Gasteiger partial charge >= 0.3 is 0 Å². The highest BCUT2D eigenvalue weighted by molar-refractivity contribution is 5.75. The zero-order valence-electron chi connectivity index (χ0n) is 7.72. The third-order valence-electron chi connectivity index (χ3n) is 2.20. The quantitative estimate of drug-likeness (QED) is 0.745. The number of fused-ring (bicyclic) bond motifs is 1. The largest absolute Gasteiger partial charge is 0.395 e. The molecule has 0 radical (unpaired) electrons. The maximum Gasteiger partial charge on any atom is 0.135 e. The molecule has 0 spiro atoms. The molecule has 4 nitrogen and oxygen atoms in total. The van der Waals surface area contributed by atoms with E-state index in [0.717, 1.165) is 11.0 Å². The minimum absolute atomic E-state index is 0.0490. The normalized spacial score (nSPS) is 11.0. The molecule has 0 unspecified atom stereocenters. The minimum atomic E-state index is -0.103. The number of aliphatic hydroxyl groups excluding tert-OH is 2. The standard InChI is InChI=1S/C10H12N2O2/c13-6-5-12-9-4-2-1-3-8(9)11-10(12)7-14/h1-4,13-14H,5-7H2. The van der Waals surface area contributed by atoms with Crippen molar-refractivity contribution in [3.8, 4) is 0 Å². The second-order valence-corrected chi connectivity index (χ2v) is 3.05. The van der Waals surface area contributed by atoms with Crippen molar-refractivity contribution in [3.63, 3.8) is 0 Å². The molecule has 0 aliphatic heterocycles. The summed E-state index contributed by atoms with van der Waals surface area (Å²) in [5.41, 5.74) is 1.80. The Hall–Kier alpha value is -1.39. The van der Waals surface area contributed by atoms with Crippen molar-refractivity contribution in [2.45, 2.75) is 13.2 Å². The fourth-order valence-corrected chi connectivity index (χ4v) is 1.60. The van der Waals surface area contributed by atoms with Crippen molar-refractivity contribution in [2.75, 3.05) is 6.61 Å². The maximum atomic E-state index is 9.08. The average molecular weight is 192 g/mol. The number of hydrogen-bond donors (Lipinski definition) is 2. The van der Waals surface area contributed by atoms with E-state index in [1.165, 1.54) is 0 Å². The smallest absolute Gasteiger partial charge is 0.135 e. The number of benzene rings is 1. The highest BCUT2D eigenvalue weighted by Crippen LogP contribution is 2.15. The van der Waals surface area contributed by atoms with Gasteiger partial charge < -0.3 is 14.8 Å². The van der Waals surface area contributed by atoms with Crippen LogP contribution in [0.1, 0.15) is 5.82 Å². The summed E-state index contributed by atoms with van der Waals surface area (Å²) in [7, 11) is 0. The van der Waals surface area contributed by atoms with Crippen LogP contribution in [0.25, 0.3) is 11.0 Å². The molecule has 0 amide bonds. The van der Waals surface area contributed by atoms with Crippen LogP contribution in [0.4, 0.5) is 0 Å². The number of imidazole rings is 1. The predicted octanol–water partition coefficient (Wildman–Crippen LogP) is 0.521. The van der Waals surface area contributed by atoms with E-state index in [4.69, 9.17) is 10.2 Å². The van der Waals surface area contributed by atoms with Gasteiger partial charge in [0.2, 0.25) is 0 Å². The van der Waals surface area contributed by atoms with Crippen LogP contribution in [-0.2, 0) is 13.2 Å². The highest BCUT2D eigenvalue weighted by atomic mass is 16.3. The minimum Gasteiger partial charge on any atom is -0.395 e. The van der Waals surface area contributed by atoms with E-state index in [1.807, 2.05) is 28.8 Å². The predicted molar refractivity (Wildman–Crippen MR) is 52.7 cm³/mol. The van der Waals surface area contributed by atoms with Crippen LogP contribution >= 0.6 is 0 Å². The number of hydrogen-bond acceptors (Lipinski definition) is 3. The van der Waals surface area contributed by atoms with E-state index in [-0.39, 0.29) is 13.2 Å². The maximum absolute atomic E-state index is 9.08. The summed E-state index contributed by atoms with van der Waals surface area (Å²) in [4.78, 5) is 4.25. The molecule has 0 saturated heterocycles. The summed E-state index contributed by atoms with van der Waals surface area (Å²) < 4.78 is 1.83. The number of aliphatic hydroxyl groups is 2.